The first kappa shape index (κ1) is 12.1. The van der Waals surface area contributed by atoms with Crippen molar-refractivity contribution in [1.29, 1.82) is 0 Å². The molecule has 0 amide bonds. The first-order valence-corrected chi connectivity index (χ1v) is 7.00. The highest BCUT2D eigenvalue weighted by Crippen LogP contribution is 2.39. The van der Waals surface area contributed by atoms with Crippen LogP contribution in [0, 0.1) is 0 Å². The number of Topliss-reactive ketones (excluding diaryl/α,β-unsaturated/α-hetero) is 1. The Morgan fingerprint density at radius 1 is 1.24 bits per heavy atom. The van der Waals surface area contributed by atoms with Crippen LogP contribution in [-0.4, -0.2) is 16.8 Å². The highest BCUT2D eigenvalue weighted by Gasteiger charge is 2.28. The highest BCUT2D eigenvalue weighted by atomic mass is 16.3. The molecule has 4 rings (SSSR count). The molecular formula is C17H14N2O2. The molecule has 3 heterocycles. The molecule has 104 valence electrons. The van der Waals surface area contributed by atoms with Gasteiger partial charge in [-0.2, -0.15) is 0 Å². The van der Waals surface area contributed by atoms with Gasteiger partial charge < -0.3 is 9.73 Å². The molecule has 4 heteroatoms. The van der Waals surface area contributed by atoms with E-state index in [1.54, 1.807) is 6.26 Å². The van der Waals surface area contributed by atoms with Gasteiger partial charge in [-0.3, -0.25) is 4.79 Å². The van der Waals surface area contributed by atoms with Crippen LogP contribution in [0.4, 0.5) is 5.69 Å². The van der Waals surface area contributed by atoms with E-state index >= 15 is 0 Å². The number of benzene rings is 1. The fraction of sp³-hybridized carbons (Fsp3) is 0.176. The van der Waals surface area contributed by atoms with Crippen LogP contribution in [0.3, 0.4) is 0 Å². The lowest BCUT2D eigenvalue weighted by atomic mass is 9.94. The van der Waals surface area contributed by atoms with Crippen molar-refractivity contribution in [3.05, 3.63) is 48.4 Å². The van der Waals surface area contributed by atoms with Crippen LogP contribution < -0.4 is 5.32 Å². The van der Waals surface area contributed by atoms with Gasteiger partial charge in [0.1, 0.15) is 5.69 Å². The summed E-state index contributed by atoms with van der Waals surface area (Å²) in [5.74, 6) is 0.0618. The Hall–Kier alpha value is -2.62. The maximum absolute atomic E-state index is 12.3. The number of carbonyl (C=O) groups is 1. The zero-order valence-corrected chi connectivity index (χ0v) is 11.6. The van der Waals surface area contributed by atoms with Crippen molar-refractivity contribution in [2.45, 2.75) is 19.4 Å². The van der Waals surface area contributed by atoms with Gasteiger partial charge in [-0.1, -0.05) is 30.3 Å². The quantitative estimate of drug-likeness (QED) is 0.734. The van der Waals surface area contributed by atoms with Gasteiger partial charge in [0.15, 0.2) is 5.78 Å². The minimum absolute atomic E-state index is 0.0618. The summed E-state index contributed by atoms with van der Waals surface area (Å²) in [7, 11) is 0. The SMILES string of the molecule is CC1CC(=O)c2nc3occc3c(-c3ccccc3)c2N1. The third-order valence-electron chi connectivity index (χ3n) is 3.82. The van der Waals surface area contributed by atoms with Gasteiger partial charge in [0.2, 0.25) is 5.71 Å². The summed E-state index contributed by atoms with van der Waals surface area (Å²) in [5.41, 5.74) is 3.85. The van der Waals surface area contributed by atoms with E-state index in [1.807, 2.05) is 43.3 Å². The van der Waals surface area contributed by atoms with Gasteiger partial charge in [-0.25, -0.2) is 4.98 Å². The lowest BCUT2D eigenvalue weighted by Gasteiger charge is -2.25. The van der Waals surface area contributed by atoms with Crippen molar-refractivity contribution in [2.75, 3.05) is 5.32 Å². The molecule has 21 heavy (non-hydrogen) atoms. The number of fused-ring (bicyclic) bond motifs is 2. The highest BCUT2D eigenvalue weighted by molar-refractivity contribution is 6.11. The minimum atomic E-state index is 0.0618. The zero-order chi connectivity index (χ0) is 14.4. The molecule has 4 nitrogen and oxygen atoms in total. The van der Waals surface area contributed by atoms with E-state index in [-0.39, 0.29) is 11.8 Å². The molecule has 1 atom stereocenters. The van der Waals surface area contributed by atoms with Crippen LogP contribution in [0.1, 0.15) is 23.8 Å². The molecule has 0 spiro atoms. The van der Waals surface area contributed by atoms with Gasteiger partial charge >= 0.3 is 0 Å². The molecule has 0 radical (unpaired) electrons. The van der Waals surface area contributed by atoms with E-state index < -0.39 is 0 Å². The van der Waals surface area contributed by atoms with E-state index in [1.165, 1.54) is 0 Å². The predicted octanol–water partition coefficient (Wildman–Crippen LogP) is 3.88. The maximum atomic E-state index is 12.3. The van der Waals surface area contributed by atoms with Crippen LogP contribution in [0.15, 0.2) is 47.1 Å². The average molecular weight is 278 g/mol. The fourth-order valence-electron chi connectivity index (χ4n) is 2.91. The first-order valence-electron chi connectivity index (χ1n) is 7.00. The molecule has 0 aliphatic carbocycles. The maximum Gasteiger partial charge on any atom is 0.227 e. The number of anilines is 1. The van der Waals surface area contributed by atoms with E-state index in [9.17, 15) is 4.79 Å². The second-order valence-corrected chi connectivity index (χ2v) is 5.39. The average Bonchev–Trinajstić information content (AvgIpc) is 2.94. The van der Waals surface area contributed by atoms with Crippen LogP contribution in [0.25, 0.3) is 22.2 Å². The summed E-state index contributed by atoms with van der Waals surface area (Å²) >= 11 is 0. The number of aromatic nitrogens is 1. The summed E-state index contributed by atoms with van der Waals surface area (Å²) in [6.45, 7) is 2.01. The molecular weight excluding hydrogens is 264 g/mol. The minimum Gasteiger partial charge on any atom is -0.446 e. The van der Waals surface area contributed by atoms with Crippen molar-refractivity contribution in [1.82, 2.24) is 4.98 Å². The summed E-state index contributed by atoms with van der Waals surface area (Å²) in [4.78, 5) is 16.7. The van der Waals surface area contributed by atoms with Gasteiger partial charge in [0.05, 0.1) is 17.3 Å². The third-order valence-corrected chi connectivity index (χ3v) is 3.82. The van der Waals surface area contributed by atoms with Gasteiger partial charge in [0.25, 0.3) is 0 Å². The molecule has 1 aliphatic heterocycles. The predicted molar refractivity (Wildman–Crippen MR) is 81.5 cm³/mol. The number of hydrogen-bond acceptors (Lipinski definition) is 4. The van der Waals surface area contributed by atoms with Crippen LogP contribution >= 0.6 is 0 Å². The number of carbonyl (C=O) groups excluding carboxylic acids is 1. The van der Waals surface area contributed by atoms with Crippen molar-refractivity contribution < 1.29 is 9.21 Å². The molecule has 0 bridgehead atoms. The summed E-state index contributed by atoms with van der Waals surface area (Å²) in [5, 5.41) is 4.34. The number of nitrogens with one attached hydrogen (secondary N) is 1. The Morgan fingerprint density at radius 3 is 2.86 bits per heavy atom. The van der Waals surface area contributed by atoms with E-state index in [4.69, 9.17) is 4.42 Å². The molecule has 1 unspecified atom stereocenters. The van der Waals surface area contributed by atoms with Crippen molar-refractivity contribution >= 4 is 22.6 Å². The van der Waals surface area contributed by atoms with Crippen molar-refractivity contribution in [2.24, 2.45) is 0 Å². The molecule has 1 aromatic carbocycles. The summed E-state index contributed by atoms with van der Waals surface area (Å²) < 4.78 is 5.43. The van der Waals surface area contributed by atoms with Gasteiger partial charge in [0, 0.05) is 18.0 Å². The van der Waals surface area contributed by atoms with Crippen molar-refractivity contribution in [3.8, 4) is 11.1 Å². The number of furan rings is 1. The largest absolute Gasteiger partial charge is 0.446 e. The third kappa shape index (κ3) is 1.83. The van der Waals surface area contributed by atoms with E-state index in [0.29, 0.717) is 17.8 Å². The fourth-order valence-corrected chi connectivity index (χ4v) is 2.91. The second kappa shape index (κ2) is 4.45. The Kier molecular flexibility index (Phi) is 2.57. The molecule has 0 saturated carbocycles. The smallest absolute Gasteiger partial charge is 0.227 e. The van der Waals surface area contributed by atoms with Crippen molar-refractivity contribution in [3.63, 3.8) is 0 Å². The number of nitrogens with zero attached hydrogens (tertiary/aromatic N) is 1. The topological polar surface area (TPSA) is 55.1 Å². The Balaban J connectivity index is 2.10. The molecule has 0 fully saturated rings. The van der Waals surface area contributed by atoms with Gasteiger partial charge in [-0.05, 0) is 18.6 Å². The molecule has 2 aromatic heterocycles. The second-order valence-electron chi connectivity index (χ2n) is 5.39. The van der Waals surface area contributed by atoms with E-state index in [2.05, 4.69) is 10.3 Å². The Morgan fingerprint density at radius 2 is 2.05 bits per heavy atom. The summed E-state index contributed by atoms with van der Waals surface area (Å²) in [6.07, 6.45) is 2.07. The molecule has 1 N–H and O–H groups in total. The van der Waals surface area contributed by atoms with E-state index in [0.717, 1.165) is 22.2 Å². The molecule has 3 aromatic rings. The monoisotopic (exact) mass is 278 g/mol. The Labute approximate surface area is 121 Å². The lowest BCUT2D eigenvalue weighted by molar-refractivity contribution is 0.0969. The Bertz CT molecular complexity index is 837. The normalized spacial score (nSPS) is 17.6. The van der Waals surface area contributed by atoms with Gasteiger partial charge in [-0.15, -0.1) is 0 Å². The number of ketones is 1. The standard InChI is InChI=1S/C17H14N2O2/c1-10-9-13(20)15-16(18-10)14(11-5-3-2-4-6-11)12-7-8-21-17(12)19-15/h2-8,10,18H,9H2,1H3. The zero-order valence-electron chi connectivity index (χ0n) is 11.6. The molecule has 1 aliphatic rings. The molecule has 0 saturated heterocycles. The first-order chi connectivity index (χ1) is 10.2. The number of hydrogen-bond donors (Lipinski definition) is 1. The van der Waals surface area contributed by atoms with Crippen LogP contribution in [0.5, 0.6) is 0 Å². The van der Waals surface area contributed by atoms with Crippen LogP contribution in [-0.2, 0) is 0 Å². The number of rotatable bonds is 1. The van der Waals surface area contributed by atoms with Crippen LogP contribution in [0.2, 0.25) is 0 Å². The summed E-state index contributed by atoms with van der Waals surface area (Å²) in [6, 6.07) is 12.0. The number of pyridine rings is 1. The lowest BCUT2D eigenvalue weighted by Crippen LogP contribution is -2.28.